The molecule has 8 nitrogen and oxygen atoms in total. The van der Waals surface area contributed by atoms with Crippen molar-refractivity contribution in [3.05, 3.63) is 9.81 Å². The van der Waals surface area contributed by atoms with Crippen LogP contribution in [0.25, 0.3) is 0 Å². The normalized spacial score (nSPS) is 21.2. The smallest absolute Gasteiger partial charge is 0.267 e. The Labute approximate surface area is 155 Å². The summed E-state index contributed by atoms with van der Waals surface area (Å²) in [6.45, 7) is -0.303. The molecule has 0 spiro atoms. The minimum absolute atomic E-state index is 0.0617. The molecule has 0 radical (unpaired) electrons. The van der Waals surface area contributed by atoms with E-state index in [0.717, 1.165) is 33.3 Å². The van der Waals surface area contributed by atoms with Crippen LogP contribution in [0.5, 0.6) is 0 Å². The first-order valence-electron chi connectivity index (χ1n) is 6.43. The van der Waals surface area contributed by atoms with Gasteiger partial charge in [0.1, 0.15) is 8.64 Å². The summed E-state index contributed by atoms with van der Waals surface area (Å²) in [5.41, 5.74) is 0. The van der Waals surface area contributed by atoms with E-state index in [9.17, 15) is 29.4 Å². The Balaban J connectivity index is 2.20. The standard InChI is InChI=1S/C12H10N2O6S4/c15-5(16)1-3-13-9(19)7(23-11(13)21)8-10(20)14(12(22)24-8)4-2-6(17)18/h1-4H2,(H,15,16)(H,17,18)/p-2/b8-7+. The van der Waals surface area contributed by atoms with E-state index in [0.29, 0.717) is 0 Å². The number of carboxylic acid groups (broad SMARTS) is 2. The largest absolute Gasteiger partial charge is 0.550 e. The van der Waals surface area contributed by atoms with Crippen molar-refractivity contribution in [3.8, 4) is 0 Å². The van der Waals surface area contributed by atoms with Crippen molar-refractivity contribution in [2.24, 2.45) is 0 Å². The van der Waals surface area contributed by atoms with Gasteiger partial charge in [-0.3, -0.25) is 19.4 Å². The molecular formula is C12H8N2O6S4-2. The molecular weight excluding hydrogens is 396 g/mol. The first-order valence-corrected chi connectivity index (χ1v) is 8.88. The van der Waals surface area contributed by atoms with Crippen LogP contribution in [0.1, 0.15) is 12.8 Å². The molecule has 0 aliphatic carbocycles. The number of hydrogen-bond acceptors (Lipinski definition) is 10. The molecule has 0 aromatic rings. The molecule has 2 amide bonds. The molecule has 2 aliphatic rings. The highest BCUT2D eigenvalue weighted by Crippen LogP contribution is 2.42. The molecule has 2 fully saturated rings. The average molecular weight is 404 g/mol. The van der Waals surface area contributed by atoms with Crippen LogP contribution in [0.3, 0.4) is 0 Å². The van der Waals surface area contributed by atoms with Crippen LogP contribution in [0, 0.1) is 0 Å². The van der Waals surface area contributed by atoms with Gasteiger partial charge in [-0.1, -0.05) is 48.0 Å². The molecule has 0 aromatic carbocycles. The number of thiocarbonyl (C=S) groups is 2. The Morgan fingerprint density at radius 3 is 1.46 bits per heavy atom. The summed E-state index contributed by atoms with van der Waals surface area (Å²) in [5, 5.41) is 21.1. The number of carbonyl (C=O) groups is 4. The van der Waals surface area contributed by atoms with Crippen LogP contribution in [0.15, 0.2) is 9.81 Å². The summed E-state index contributed by atoms with van der Waals surface area (Å²) in [4.78, 5) is 48.1. The van der Waals surface area contributed by atoms with Crippen LogP contribution in [-0.2, 0) is 19.2 Å². The summed E-state index contributed by atoms with van der Waals surface area (Å²) < 4.78 is 0.271. The Bertz CT molecular complexity index is 646. The summed E-state index contributed by atoms with van der Waals surface area (Å²) >= 11 is 11.8. The van der Waals surface area contributed by atoms with Crippen LogP contribution in [-0.4, -0.2) is 55.3 Å². The molecule has 128 valence electrons. The highest BCUT2D eigenvalue weighted by Gasteiger charge is 2.41. The Morgan fingerprint density at radius 1 is 0.833 bits per heavy atom. The zero-order valence-corrected chi connectivity index (χ0v) is 15.1. The molecule has 0 unspecified atom stereocenters. The second-order valence-electron chi connectivity index (χ2n) is 4.55. The van der Waals surface area contributed by atoms with E-state index < -0.39 is 23.8 Å². The molecule has 24 heavy (non-hydrogen) atoms. The van der Waals surface area contributed by atoms with Gasteiger partial charge in [-0.2, -0.15) is 0 Å². The molecule has 0 saturated carbocycles. The van der Waals surface area contributed by atoms with Crippen molar-refractivity contribution in [2.45, 2.75) is 12.8 Å². The summed E-state index contributed by atoms with van der Waals surface area (Å²) in [6, 6.07) is 0. The fraction of sp³-hybridized carbons (Fsp3) is 0.333. The van der Waals surface area contributed by atoms with Gasteiger partial charge in [0.2, 0.25) is 0 Å². The van der Waals surface area contributed by atoms with Gasteiger partial charge in [-0.25, -0.2) is 0 Å². The third-order valence-corrected chi connectivity index (χ3v) is 6.01. The van der Waals surface area contributed by atoms with Crippen LogP contribution < -0.4 is 10.2 Å². The van der Waals surface area contributed by atoms with Crippen molar-refractivity contribution in [1.29, 1.82) is 0 Å². The second kappa shape index (κ2) is 7.59. The molecule has 0 atom stereocenters. The minimum atomic E-state index is -1.32. The van der Waals surface area contributed by atoms with Crippen molar-refractivity contribution >= 4 is 80.4 Å². The highest BCUT2D eigenvalue weighted by atomic mass is 32.2. The number of aliphatic carboxylic acids is 2. The van der Waals surface area contributed by atoms with Gasteiger partial charge in [0.25, 0.3) is 11.8 Å². The van der Waals surface area contributed by atoms with E-state index in [1.165, 1.54) is 0 Å². The van der Waals surface area contributed by atoms with E-state index >= 15 is 0 Å². The SMILES string of the molecule is O=C([O-])CCN1C(=O)/C(=C2\SC(=S)N(CCC(=O)[O-])C2=O)SC1=S. The number of thioether (sulfide) groups is 2. The minimum Gasteiger partial charge on any atom is -0.550 e. The summed E-state index contributed by atoms with van der Waals surface area (Å²) in [7, 11) is 0. The van der Waals surface area contributed by atoms with Crippen molar-refractivity contribution in [2.75, 3.05) is 13.1 Å². The van der Waals surface area contributed by atoms with Crippen LogP contribution in [0.4, 0.5) is 0 Å². The predicted molar refractivity (Wildman–Crippen MR) is 90.1 cm³/mol. The maximum atomic E-state index is 12.4. The first-order chi connectivity index (χ1) is 11.2. The fourth-order valence-electron chi connectivity index (χ4n) is 1.86. The maximum Gasteiger partial charge on any atom is 0.267 e. The Morgan fingerprint density at radius 2 is 1.17 bits per heavy atom. The fourth-order valence-corrected chi connectivity index (χ4v) is 4.63. The zero-order chi connectivity index (χ0) is 18.0. The third kappa shape index (κ3) is 3.94. The lowest BCUT2D eigenvalue weighted by molar-refractivity contribution is -0.307. The lowest BCUT2D eigenvalue weighted by atomic mass is 10.3. The predicted octanol–water partition coefficient (Wildman–Crippen LogP) is -1.80. The number of carbonyl (C=O) groups excluding carboxylic acids is 4. The van der Waals surface area contributed by atoms with Gasteiger partial charge in [-0.15, -0.1) is 0 Å². The average Bonchev–Trinajstić information content (AvgIpc) is 2.92. The summed E-state index contributed by atoms with van der Waals surface area (Å²) in [6.07, 6.45) is -0.765. The van der Waals surface area contributed by atoms with Crippen LogP contribution in [0.2, 0.25) is 0 Å². The topological polar surface area (TPSA) is 121 Å². The lowest BCUT2D eigenvalue weighted by Crippen LogP contribution is -2.35. The van der Waals surface area contributed by atoms with Gasteiger partial charge >= 0.3 is 0 Å². The molecule has 2 heterocycles. The molecule has 0 N–H and O–H groups in total. The molecule has 0 bridgehead atoms. The number of nitrogens with zero attached hydrogens (tertiary/aromatic N) is 2. The van der Waals surface area contributed by atoms with E-state index in [1.54, 1.807) is 0 Å². The molecule has 0 aromatic heterocycles. The first kappa shape index (κ1) is 18.8. The molecule has 2 rings (SSSR count). The number of hydrogen-bond donors (Lipinski definition) is 0. The number of amides is 2. The second-order valence-corrected chi connectivity index (χ2v) is 7.84. The summed E-state index contributed by atoms with van der Waals surface area (Å²) in [5.74, 6) is -3.80. The molecule has 2 saturated heterocycles. The molecule has 2 aliphatic heterocycles. The van der Waals surface area contributed by atoms with E-state index in [-0.39, 0.29) is 44.4 Å². The highest BCUT2D eigenvalue weighted by molar-refractivity contribution is 8.29. The van der Waals surface area contributed by atoms with E-state index in [2.05, 4.69) is 0 Å². The van der Waals surface area contributed by atoms with Gasteiger partial charge in [-0.05, 0) is 0 Å². The third-order valence-electron chi connectivity index (χ3n) is 2.98. The Hall–Kier alpha value is -1.50. The quantitative estimate of drug-likeness (QED) is 0.370. The van der Waals surface area contributed by atoms with Gasteiger partial charge < -0.3 is 19.8 Å². The monoisotopic (exact) mass is 404 g/mol. The molecule has 12 heteroatoms. The van der Waals surface area contributed by atoms with E-state index in [1.807, 2.05) is 0 Å². The van der Waals surface area contributed by atoms with Crippen molar-refractivity contribution in [3.63, 3.8) is 0 Å². The maximum absolute atomic E-state index is 12.4. The van der Waals surface area contributed by atoms with Gasteiger partial charge in [0.15, 0.2) is 0 Å². The number of carboxylic acids is 2. The van der Waals surface area contributed by atoms with Crippen molar-refractivity contribution in [1.82, 2.24) is 9.80 Å². The van der Waals surface area contributed by atoms with E-state index in [4.69, 9.17) is 24.4 Å². The number of rotatable bonds is 6. The Kier molecular flexibility index (Phi) is 5.96. The van der Waals surface area contributed by atoms with Gasteiger partial charge in [0, 0.05) is 37.9 Å². The lowest BCUT2D eigenvalue weighted by Gasteiger charge is -2.15. The van der Waals surface area contributed by atoms with Gasteiger partial charge in [0.05, 0.1) is 9.81 Å². The van der Waals surface area contributed by atoms with Crippen molar-refractivity contribution < 1.29 is 29.4 Å². The van der Waals surface area contributed by atoms with Crippen LogP contribution >= 0.6 is 48.0 Å². The zero-order valence-electron chi connectivity index (χ0n) is 11.8.